The van der Waals surface area contributed by atoms with Gasteiger partial charge in [0.2, 0.25) is 15.9 Å². The quantitative estimate of drug-likeness (QED) is 0.604. The van der Waals surface area contributed by atoms with Gasteiger partial charge in [-0.1, -0.05) is 23.3 Å². The fraction of sp³-hybridized carbons (Fsp3) is 0.318. The second kappa shape index (κ2) is 8.24. The SMILES string of the molecule is Cc1ccc(Cc2nnc(NC(=O)c3ccc(S(=O)(=O)N(C)C4CC4)cc3)o2)cc1C. The van der Waals surface area contributed by atoms with E-state index in [0.29, 0.717) is 17.9 Å². The molecule has 8 nitrogen and oxygen atoms in total. The molecule has 0 radical (unpaired) electrons. The Morgan fingerprint density at radius 1 is 1.10 bits per heavy atom. The Balaban J connectivity index is 1.41. The number of sulfonamides is 1. The molecule has 1 aromatic heterocycles. The molecule has 1 aliphatic carbocycles. The lowest BCUT2D eigenvalue weighted by molar-refractivity contribution is 0.102. The number of benzene rings is 2. The molecule has 0 aliphatic heterocycles. The van der Waals surface area contributed by atoms with E-state index in [1.54, 1.807) is 7.05 Å². The van der Waals surface area contributed by atoms with Crippen LogP contribution >= 0.6 is 0 Å². The van der Waals surface area contributed by atoms with Crippen LogP contribution in [0.25, 0.3) is 0 Å². The van der Waals surface area contributed by atoms with Crippen molar-refractivity contribution < 1.29 is 17.6 Å². The van der Waals surface area contributed by atoms with Crippen molar-refractivity contribution in [2.45, 2.75) is 44.0 Å². The largest absolute Gasteiger partial charge is 0.407 e. The zero-order valence-electron chi connectivity index (χ0n) is 17.6. The topological polar surface area (TPSA) is 105 Å². The van der Waals surface area contributed by atoms with E-state index in [9.17, 15) is 13.2 Å². The molecule has 1 heterocycles. The summed E-state index contributed by atoms with van der Waals surface area (Å²) in [6.07, 6.45) is 2.23. The van der Waals surface area contributed by atoms with Crippen LogP contribution in [-0.4, -0.2) is 41.9 Å². The minimum Gasteiger partial charge on any atom is -0.407 e. The van der Waals surface area contributed by atoms with Crippen LogP contribution in [0.3, 0.4) is 0 Å². The highest BCUT2D eigenvalue weighted by atomic mass is 32.2. The molecule has 1 N–H and O–H groups in total. The average Bonchev–Trinajstić information content (AvgIpc) is 3.51. The summed E-state index contributed by atoms with van der Waals surface area (Å²) in [7, 11) is -1.97. The molecule has 162 valence electrons. The molecular formula is C22H24N4O4S. The maximum atomic E-state index is 12.6. The fourth-order valence-electron chi connectivity index (χ4n) is 3.21. The first kappa shape index (κ1) is 21.2. The lowest BCUT2D eigenvalue weighted by Gasteiger charge is -2.16. The molecule has 31 heavy (non-hydrogen) atoms. The van der Waals surface area contributed by atoms with Crippen molar-refractivity contribution in [2.75, 3.05) is 12.4 Å². The molecule has 0 saturated heterocycles. The molecule has 4 rings (SSSR count). The van der Waals surface area contributed by atoms with Gasteiger partial charge >= 0.3 is 6.01 Å². The van der Waals surface area contributed by atoms with Crippen LogP contribution in [0.2, 0.25) is 0 Å². The van der Waals surface area contributed by atoms with Crippen molar-refractivity contribution in [1.82, 2.24) is 14.5 Å². The third-order valence-electron chi connectivity index (χ3n) is 5.47. The summed E-state index contributed by atoms with van der Waals surface area (Å²) in [5, 5.41) is 10.4. The number of anilines is 1. The molecule has 2 aromatic carbocycles. The summed E-state index contributed by atoms with van der Waals surface area (Å²) in [6.45, 7) is 4.09. The summed E-state index contributed by atoms with van der Waals surface area (Å²) >= 11 is 0. The van der Waals surface area contributed by atoms with Gasteiger partial charge in [0.15, 0.2) is 0 Å². The Morgan fingerprint density at radius 2 is 1.81 bits per heavy atom. The maximum absolute atomic E-state index is 12.6. The molecule has 0 bridgehead atoms. The number of nitrogens with one attached hydrogen (secondary N) is 1. The van der Waals surface area contributed by atoms with Crippen molar-refractivity contribution >= 4 is 21.9 Å². The number of rotatable bonds is 7. The van der Waals surface area contributed by atoms with E-state index in [-0.39, 0.29) is 17.0 Å². The molecule has 1 amide bonds. The molecule has 0 spiro atoms. The zero-order chi connectivity index (χ0) is 22.2. The number of amides is 1. The third-order valence-corrected chi connectivity index (χ3v) is 7.39. The second-order valence-corrected chi connectivity index (χ2v) is 9.82. The van der Waals surface area contributed by atoms with Crippen LogP contribution in [0, 0.1) is 13.8 Å². The summed E-state index contributed by atoms with van der Waals surface area (Å²) in [6, 6.07) is 12.0. The number of nitrogens with zero attached hydrogens (tertiary/aromatic N) is 3. The Kier molecular flexibility index (Phi) is 5.63. The van der Waals surface area contributed by atoms with Gasteiger partial charge < -0.3 is 4.42 Å². The summed E-state index contributed by atoms with van der Waals surface area (Å²) in [5.74, 6) is -0.0658. The molecule has 1 fully saturated rings. The third kappa shape index (κ3) is 4.67. The fourth-order valence-corrected chi connectivity index (χ4v) is 4.63. The van der Waals surface area contributed by atoms with Crippen molar-refractivity contribution in [3.05, 3.63) is 70.6 Å². The zero-order valence-corrected chi connectivity index (χ0v) is 18.4. The monoisotopic (exact) mass is 440 g/mol. The highest BCUT2D eigenvalue weighted by molar-refractivity contribution is 7.89. The molecule has 9 heteroatoms. The Morgan fingerprint density at radius 3 is 2.45 bits per heavy atom. The molecule has 0 atom stereocenters. The van der Waals surface area contributed by atoms with Crippen LogP contribution in [0.1, 0.15) is 45.8 Å². The van der Waals surface area contributed by atoms with E-state index in [1.165, 1.54) is 39.7 Å². The van der Waals surface area contributed by atoms with E-state index in [2.05, 4.69) is 21.6 Å². The first-order valence-electron chi connectivity index (χ1n) is 10.0. The molecule has 1 aliphatic rings. The summed E-state index contributed by atoms with van der Waals surface area (Å²) in [5.41, 5.74) is 3.72. The van der Waals surface area contributed by atoms with Gasteiger partial charge in [0.1, 0.15) is 0 Å². The summed E-state index contributed by atoms with van der Waals surface area (Å²) in [4.78, 5) is 12.6. The van der Waals surface area contributed by atoms with E-state index < -0.39 is 15.9 Å². The van der Waals surface area contributed by atoms with Crippen LogP contribution in [-0.2, 0) is 16.4 Å². The Labute approximate surface area is 181 Å². The lowest BCUT2D eigenvalue weighted by atomic mass is 10.0. The van der Waals surface area contributed by atoms with Crippen LogP contribution < -0.4 is 5.32 Å². The number of hydrogen-bond acceptors (Lipinski definition) is 6. The number of hydrogen-bond donors (Lipinski definition) is 1. The van der Waals surface area contributed by atoms with Gasteiger partial charge in [-0.3, -0.25) is 10.1 Å². The van der Waals surface area contributed by atoms with Crippen molar-refractivity contribution in [1.29, 1.82) is 0 Å². The van der Waals surface area contributed by atoms with E-state index in [0.717, 1.165) is 18.4 Å². The Hall–Kier alpha value is -3.04. The maximum Gasteiger partial charge on any atom is 0.322 e. The summed E-state index contributed by atoms with van der Waals surface area (Å²) < 4.78 is 32.1. The average molecular weight is 441 g/mol. The van der Waals surface area contributed by atoms with Crippen LogP contribution in [0.4, 0.5) is 6.01 Å². The Bertz CT molecular complexity index is 1210. The van der Waals surface area contributed by atoms with Gasteiger partial charge in [0, 0.05) is 18.7 Å². The van der Waals surface area contributed by atoms with E-state index in [4.69, 9.17) is 4.42 Å². The van der Waals surface area contributed by atoms with E-state index in [1.807, 2.05) is 26.0 Å². The van der Waals surface area contributed by atoms with Gasteiger partial charge in [-0.2, -0.15) is 4.31 Å². The molecular weight excluding hydrogens is 416 g/mol. The normalized spacial score (nSPS) is 14.1. The van der Waals surface area contributed by atoms with Gasteiger partial charge in [-0.15, -0.1) is 5.10 Å². The van der Waals surface area contributed by atoms with Gasteiger partial charge in [-0.05, 0) is 67.6 Å². The van der Waals surface area contributed by atoms with Crippen LogP contribution in [0.5, 0.6) is 0 Å². The highest BCUT2D eigenvalue weighted by Crippen LogP contribution is 2.30. The van der Waals surface area contributed by atoms with Gasteiger partial charge in [0.25, 0.3) is 5.91 Å². The van der Waals surface area contributed by atoms with Gasteiger partial charge in [0.05, 0.1) is 11.3 Å². The smallest absolute Gasteiger partial charge is 0.322 e. The predicted octanol–water partition coefficient (Wildman–Crippen LogP) is 3.31. The standard InChI is InChI=1S/C22H24N4O4S/c1-14-4-5-16(12-15(14)2)13-20-24-25-22(30-20)23-21(27)17-6-10-19(11-7-17)31(28,29)26(3)18-8-9-18/h4-7,10-12,18H,8-9,13H2,1-3H3,(H,23,25,27). The van der Waals surface area contributed by atoms with E-state index >= 15 is 0 Å². The minimum absolute atomic E-state index is 0.00556. The highest BCUT2D eigenvalue weighted by Gasteiger charge is 2.35. The first-order chi connectivity index (χ1) is 14.7. The molecule has 1 saturated carbocycles. The van der Waals surface area contributed by atoms with Gasteiger partial charge in [-0.25, -0.2) is 8.42 Å². The number of aryl methyl sites for hydroxylation is 2. The number of carbonyl (C=O) groups excluding carboxylic acids is 1. The van der Waals surface area contributed by atoms with Crippen molar-refractivity contribution in [2.24, 2.45) is 0 Å². The second-order valence-electron chi connectivity index (χ2n) is 7.83. The minimum atomic E-state index is -3.55. The van der Waals surface area contributed by atoms with Crippen molar-refractivity contribution in [3.8, 4) is 0 Å². The van der Waals surface area contributed by atoms with Crippen molar-refractivity contribution in [3.63, 3.8) is 0 Å². The number of carbonyl (C=O) groups is 1. The number of aromatic nitrogens is 2. The lowest BCUT2D eigenvalue weighted by Crippen LogP contribution is -2.29. The predicted molar refractivity (Wildman–Crippen MR) is 115 cm³/mol. The van der Waals surface area contributed by atoms with Crippen LogP contribution in [0.15, 0.2) is 51.8 Å². The molecule has 0 unspecified atom stereocenters. The molecule has 3 aromatic rings. The first-order valence-corrected chi connectivity index (χ1v) is 11.5.